The summed E-state index contributed by atoms with van der Waals surface area (Å²) in [5.74, 6) is 3.80. The molecule has 2 aliphatic heterocycles. The summed E-state index contributed by atoms with van der Waals surface area (Å²) >= 11 is 8.58. The zero-order valence-corrected chi connectivity index (χ0v) is 61.6. The molecule has 0 atom stereocenters. The lowest BCUT2D eigenvalue weighted by molar-refractivity contribution is 0.454. The van der Waals surface area contributed by atoms with Crippen LogP contribution in [0, 0.1) is 6.92 Å². The predicted octanol–water partition coefficient (Wildman–Crippen LogP) is 27.4. The van der Waals surface area contributed by atoms with E-state index < -0.39 is 0 Å². The number of anilines is 6. The normalized spacial score (nSPS) is 11.3. The van der Waals surface area contributed by atoms with Crippen LogP contribution in [-0.2, 0) is 0 Å². The number of aryl methyl sites for hydroxylation is 1. The first kappa shape index (κ1) is 71.1. The fourth-order valence-electron chi connectivity index (χ4n) is 14.6. The summed E-state index contributed by atoms with van der Waals surface area (Å²) < 4.78 is 21.9. The average Bonchev–Trinajstić information content (AvgIpc) is 1.57. The second-order valence-corrected chi connectivity index (χ2v) is 26.2. The molecular weight excluding hydrogens is 1460 g/mol. The van der Waals surface area contributed by atoms with Crippen molar-refractivity contribution in [3.8, 4) is 90.0 Å². The van der Waals surface area contributed by atoms with E-state index >= 15 is 0 Å². The van der Waals surface area contributed by atoms with Gasteiger partial charge in [0.2, 0.25) is 0 Å². The zero-order valence-electron chi connectivity index (χ0n) is 58.7. The molecule has 0 unspecified atom stereocenters. The van der Waals surface area contributed by atoms with Gasteiger partial charge < -0.3 is 38.1 Å². The minimum atomic E-state index is 0. The minimum absolute atomic E-state index is 0. The van der Waals surface area contributed by atoms with Crippen LogP contribution >= 0.6 is 34.2 Å². The summed E-state index contributed by atoms with van der Waals surface area (Å²) in [6, 6.07) is 129. The molecule has 0 spiro atoms. The Kier molecular flexibility index (Phi) is 21.1. The third-order valence-corrected chi connectivity index (χ3v) is 19.9. The molecule has 4 heterocycles. The van der Waals surface area contributed by atoms with E-state index in [2.05, 4.69) is 340 Å². The van der Waals surface area contributed by atoms with Gasteiger partial charge in [-0.1, -0.05) is 297 Å². The predicted molar refractivity (Wildman–Crippen MR) is 462 cm³/mol. The Morgan fingerprint density at radius 1 is 0.343 bits per heavy atom. The van der Waals surface area contributed by atoms with Crippen LogP contribution in [0.2, 0.25) is 5.02 Å². The number of fused-ring (bicyclic) bond motifs is 10. The van der Waals surface area contributed by atoms with Gasteiger partial charge in [-0.25, -0.2) is 0 Å². The minimum Gasteiger partial charge on any atom is -0.537 e. The monoisotopic (exact) mass is 1530 g/mol. The summed E-state index contributed by atoms with van der Waals surface area (Å²) in [5.41, 5.74) is 25.8. The summed E-state index contributed by atoms with van der Waals surface area (Å²) in [6.07, 6.45) is 0. The van der Waals surface area contributed by atoms with Gasteiger partial charge in [0.05, 0.1) is 38.6 Å². The van der Waals surface area contributed by atoms with Crippen molar-refractivity contribution in [2.75, 3.05) is 14.7 Å². The number of aromatic nitrogens is 2. The smallest absolute Gasteiger partial charge is 0.537 e. The number of alkyl halides is 1. The number of hydrogen-bond acceptors (Lipinski definition) is 6. The highest BCUT2D eigenvalue weighted by Gasteiger charge is 2.28. The molecule has 108 heavy (non-hydrogen) atoms. The molecule has 2 aromatic heterocycles. The number of ether oxygens (including phenoxy) is 2. The van der Waals surface area contributed by atoms with E-state index in [1.54, 1.807) is 0 Å². The van der Waals surface area contributed by atoms with E-state index in [4.69, 9.17) is 30.8 Å². The molecule has 1 N–H and O–H groups in total. The third-order valence-electron chi connectivity index (χ3n) is 19.5. The molecule has 15 aromatic carbocycles. The Labute approximate surface area is 649 Å². The maximum atomic E-state index is 8.94. The molecule has 0 bridgehead atoms. The summed E-state index contributed by atoms with van der Waals surface area (Å²) in [6.45, 7) is 6.13. The van der Waals surface area contributed by atoms with Gasteiger partial charge >= 0.3 is 7.69 Å². The van der Waals surface area contributed by atoms with E-state index in [-0.39, 0.29) is 7.43 Å². The first-order valence-electron chi connectivity index (χ1n) is 35.3. The van der Waals surface area contributed by atoms with Crippen molar-refractivity contribution in [3.05, 3.63) is 393 Å². The number of rotatable bonds is 13. The van der Waals surface area contributed by atoms with Crippen molar-refractivity contribution in [2.24, 2.45) is 0 Å². The highest BCUT2D eigenvalue weighted by Crippen LogP contribution is 2.49. The fourth-order valence-corrected chi connectivity index (χ4v) is 14.8. The number of halogens is 2. The molecule has 2 aliphatic rings. The topological polar surface area (TPSA) is 64.3 Å². The molecule has 19 rings (SSSR count). The summed E-state index contributed by atoms with van der Waals surface area (Å²) in [5, 5.41) is 13.2. The van der Waals surface area contributed by atoms with Crippen LogP contribution in [0.1, 0.15) is 18.7 Å². The number of benzene rings is 15. The molecule has 0 aliphatic carbocycles. The van der Waals surface area contributed by atoms with E-state index in [9.17, 15) is 0 Å². The zero-order chi connectivity index (χ0) is 72.7. The van der Waals surface area contributed by atoms with Gasteiger partial charge in [-0.15, -0.1) is 0 Å². The molecule has 0 saturated heterocycles. The molecule has 0 fully saturated rings. The molecule has 11 heteroatoms. The maximum Gasteiger partial charge on any atom is 0.569 e. The van der Waals surface area contributed by atoms with E-state index in [1.165, 1.54) is 66.4 Å². The average molecular weight is 1530 g/mol. The SMILES string of the molecule is C.C=C1Oc2ccccc2-n2c1c(C)c1cccc(Cl)c12.CI.O[B]Oc1ccc(N(c2ccc(-c3ccccc3)cc2)c2ccc(-c3ccccc3)cc2)cc1.c1ccc(-c2ccc(N(c3ccc(-c4ccccc4)cc3)c3ccc(-c4cccc5c6cccc7c6n(c45)-c4ccccc4O7)cc3)cc2)cc1. The largest absolute Gasteiger partial charge is 0.569 e. The van der Waals surface area contributed by atoms with Gasteiger partial charge in [-0.05, 0) is 189 Å². The lowest BCUT2D eigenvalue weighted by Gasteiger charge is -2.26. The Morgan fingerprint density at radius 2 is 0.676 bits per heavy atom. The van der Waals surface area contributed by atoms with E-state index in [1.807, 2.05) is 89.9 Å². The van der Waals surface area contributed by atoms with Crippen LogP contribution in [0.15, 0.2) is 377 Å². The second-order valence-electron chi connectivity index (χ2n) is 25.8. The molecule has 8 nitrogen and oxygen atoms in total. The van der Waals surface area contributed by atoms with Crippen LogP contribution in [-0.4, -0.2) is 26.8 Å². The van der Waals surface area contributed by atoms with Crippen LogP contribution in [0.25, 0.3) is 105 Å². The third kappa shape index (κ3) is 14.0. The van der Waals surface area contributed by atoms with Gasteiger partial charge in [0.1, 0.15) is 11.5 Å². The van der Waals surface area contributed by atoms with Crippen LogP contribution < -0.4 is 23.9 Å². The molecule has 0 saturated carbocycles. The van der Waals surface area contributed by atoms with Crippen molar-refractivity contribution in [2.45, 2.75) is 14.4 Å². The Hall–Kier alpha value is -12.6. The first-order valence-corrected chi connectivity index (χ1v) is 37.9. The van der Waals surface area contributed by atoms with Crippen LogP contribution in [0.3, 0.4) is 0 Å². The summed E-state index contributed by atoms with van der Waals surface area (Å²) in [4.78, 5) is 6.51. The van der Waals surface area contributed by atoms with Gasteiger partial charge in [0.25, 0.3) is 0 Å². The van der Waals surface area contributed by atoms with Gasteiger partial charge in [0.15, 0.2) is 17.2 Å². The quantitative estimate of drug-likeness (QED) is 0.0705. The molecule has 17 aromatic rings. The molecule has 0 amide bonds. The van der Waals surface area contributed by atoms with Crippen molar-refractivity contribution in [3.63, 3.8) is 0 Å². The van der Waals surface area contributed by atoms with Crippen LogP contribution in [0.4, 0.5) is 34.1 Å². The first-order chi connectivity index (χ1) is 52.8. The molecule has 1 radical (unpaired) electrons. The van der Waals surface area contributed by atoms with Crippen molar-refractivity contribution in [1.29, 1.82) is 0 Å². The highest BCUT2D eigenvalue weighted by atomic mass is 127. The van der Waals surface area contributed by atoms with Crippen molar-refractivity contribution in [1.82, 2.24) is 9.13 Å². The Bertz CT molecular complexity index is 5820. The number of nitrogens with zero attached hydrogens (tertiary/aromatic N) is 4. The van der Waals surface area contributed by atoms with Gasteiger partial charge in [-0.2, -0.15) is 0 Å². The molecular formula is C97H74BClIN4O4. The lowest BCUT2D eigenvalue weighted by Crippen LogP contribution is -2.11. The van der Waals surface area contributed by atoms with Crippen molar-refractivity contribution < 1.29 is 19.2 Å². The molecule has 523 valence electrons. The fraction of sp³-hybridized carbons (Fsp3) is 0.0309. The maximum absolute atomic E-state index is 8.94. The number of para-hydroxylation sites is 7. The highest BCUT2D eigenvalue weighted by molar-refractivity contribution is 14.1. The van der Waals surface area contributed by atoms with Crippen LogP contribution in [0.5, 0.6) is 23.0 Å². The number of hydrogen-bond donors (Lipinski definition) is 1. The Morgan fingerprint density at radius 3 is 1.11 bits per heavy atom. The lowest BCUT2D eigenvalue weighted by atomic mass is 10.0. The van der Waals surface area contributed by atoms with Crippen molar-refractivity contribution >= 4 is 114 Å². The summed E-state index contributed by atoms with van der Waals surface area (Å²) in [7, 11) is 0.692. The standard InChI is InChI=1S/C48H32N2O.C30H23BNO2.C17H12ClNO.CH3I.CH4/c1-3-11-33(12-4-1)35-21-27-38(28-22-35)49(39-29-23-36(24-30-39)34-13-5-2-6-14-34)40-31-25-37(26-32-40)41-15-9-16-42-43-17-10-20-46-48(43)50(47(41)42)44-18-7-8-19-45(44)51-46;33-31-34-30-21-19-29(20-22-30)32(27-15-11-25(12-16-27)23-7-3-1-4-8-23)28-17-13-26(14-18-28)24-9-5-2-6-10-24;1-10-12-6-5-7-13(18)17(12)19-14-8-3-4-9-15(14)20-11(2)16(10)19;1-2;/h1-32H;1-22,33H;3-9H,2H2,1H3;1H3;1H4. The van der Waals surface area contributed by atoms with E-state index in [0.717, 1.165) is 101 Å². The van der Waals surface area contributed by atoms with E-state index in [0.29, 0.717) is 19.2 Å². The van der Waals surface area contributed by atoms with Gasteiger partial charge in [-0.3, -0.25) is 0 Å². The second kappa shape index (κ2) is 32.0. The Balaban J connectivity index is 0.000000140. The van der Waals surface area contributed by atoms with Gasteiger partial charge in [0, 0.05) is 55.8 Å².